The highest BCUT2D eigenvalue weighted by Gasteiger charge is 2.13. The third-order valence-corrected chi connectivity index (χ3v) is 3.15. The zero-order chi connectivity index (χ0) is 15.0. The van der Waals surface area contributed by atoms with Crippen LogP contribution < -0.4 is 5.43 Å². The minimum absolute atomic E-state index is 0.0968. The van der Waals surface area contributed by atoms with Crippen molar-refractivity contribution < 1.29 is 14.4 Å². The fraction of sp³-hybridized carbons (Fsp3) is 0. The molecular weight excluding hydrogens is 274 g/mol. The van der Waals surface area contributed by atoms with Crippen LogP contribution in [0.3, 0.4) is 0 Å². The SMILES string of the molecule is O=c1c(-c2ccc(O)cc2)coc2cc([N+](=O)[O-])ccc12. The molecule has 0 spiro atoms. The van der Waals surface area contributed by atoms with E-state index in [1.807, 2.05) is 0 Å². The molecule has 0 amide bonds. The van der Waals surface area contributed by atoms with Gasteiger partial charge in [0.25, 0.3) is 5.69 Å². The third-order valence-electron chi connectivity index (χ3n) is 3.15. The van der Waals surface area contributed by atoms with Gasteiger partial charge in [0.15, 0.2) is 5.43 Å². The van der Waals surface area contributed by atoms with Crippen molar-refractivity contribution in [3.63, 3.8) is 0 Å². The first-order valence-electron chi connectivity index (χ1n) is 6.05. The smallest absolute Gasteiger partial charge is 0.273 e. The minimum Gasteiger partial charge on any atom is -0.508 e. The molecule has 0 bridgehead atoms. The second-order valence-corrected chi connectivity index (χ2v) is 4.46. The number of hydrogen-bond donors (Lipinski definition) is 1. The van der Waals surface area contributed by atoms with Gasteiger partial charge in [-0.1, -0.05) is 12.1 Å². The van der Waals surface area contributed by atoms with Gasteiger partial charge < -0.3 is 9.52 Å². The number of hydrogen-bond acceptors (Lipinski definition) is 5. The van der Waals surface area contributed by atoms with Gasteiger partial charge in [0, 0.05) is 6.07 Å². The molecule has 104 valence electrons. The number of benzene rings is 2. The van der Waals surface area contributed by atoms with E-state index in [9.17, 15) is 20.0 Å². The fourth-order valence-electron chi connectivity index (χ4n) is 2.07. The fourth-order valence-corrected chi connectivity index (χ4v) is 2.07. The molecule has 0 aliphatic heterocycles. The van der Waals surface area contributed by atoms with Crippen LogP contribution in [0.15, 0.2) is 57.9 Å². The van der Waals surface area contributed by atoms with E-state index in [1.165, 1.54) is 36.6 Å². The van der Waals surface area contributed by atoms with Crippen LogP contribution in [-0.2, 0) is 0 Å². The molecule has 2 aromatic carbocycles. The van der Waals surface area contributed by atoms with Crippen LogP contribution >= 0.6 is 0 Å². The van der Waals surface area contributed by atoms with Crippen molar-refractivity contribution in [2.45, 2.75) is 0 Å². The molecule has 1 aromatic heterocycles. The lowest BCUT2D eigenvalue weighted by Crippen LogP contribution is -2.04. The summed E-state index contributed by atoms with van der Waals surface area (Å²) in [6.07, 6.45) is 1.26. The molecule has 0 saturated carbocycles. The van der Waals surface area contributed by atoms with E-state index >= 15 is 0 Å². The Morgan fingerprint density at radius 3 is 2.48 bits per heavy atom. The maximum absolute atomic E-state index is 12.4. The van der Waals surface area contributed by atoms with Crippen LogP contribution in [0.2, 0.25) is 0 Å². The lowest BCUT2D eigenvalue weighted by atomic mass is 10.1. The summed E-state index contributed by atoms with van der Waals surface area (Å²) in [7, 11) is 0. The van der Waals surface area contributed by atoms with E-state index in [0.717, 1.165) is 0 Å². The quantitative estimate of drug-likeness (QED) is 0.576. The average molecular weight is 283 g/mol. The highest BCUT2D eigenvalue weighted by atomic mass is 16.6. The summed E-state index contributed by atoms with van der Waals surface area (Å²) in [5.41, 5.74) is 0.676. The molecule has 6 heteroatoms. The Hall–Kier alpha value is -3.15. The molecule has 6 nitrogen and oxygen atoms in total. The molecule has 3 rings (SSSR count). The standard InChI is InChI=1S/C15H9NO5/c17-11-4-1-9(2-5-11)13-8-21-14-7-10(16(19)20)3-6-12(14)15(13)18/h1-8,17H. The Bertz CT molecular complexity index is 896. The molecule has 1 N–H and O–H groups in total. The van der Waals surface area contributed by atoms with Crippen LogP contribution in [-0.4, -0.2) is 10.0 Å². The molecule has 1 heterocycles. The van der Waals surface area contributed by atoms with Crippen LogP contribution in [0.5, 0.6) is 5.75 Å². The van der Waals surface area contributed by atoms with Gasteiger partial charge in [0.1, 0.15) is 17.6 Å². The molecule has 0 saturated heterocycles. The monoisotopic (exact) mass is 283 g/mol. The average Bonchev–Trinajstić information content (AvgIpc) is 2.48. The van der Waals surface area contributed by atoms with Crippen LogP contribution in [0, 0.1) is 10.1 Å². The predicted molar refractivity (Wildman–Crippen MR) is 76.2 cm³/mol. The third kappa shape index (κ3) is 2.23. The van der Waals surface area contributed by atoms with Crippen molar-refractivity contribution in [1.29, 1.82) is 0 Å². The Balaban J connectivity index is 2.21. The number of nitro groups is 1. The van der Waals surface area contributed by atoms with E-state index in [0.29, 0.717) is 11.1 Å². The molecule has 0 atom stereocenters. The summed E-state index contributed by atoms with van der Waals surface area (Å²) in [6.45, 7) is 0. The highest BCUT2D eigenvalue weighted by Crippen LogP contribution is 2.24. The first-order chi connectivity index (χ1) is 10.1. The Morgan fingerprint density at radius 2 is 1.81 bits per heavy atom. The van der Waals surface area contributed by atoms with Crippen LogP contribution in [0.25, 0.3) is 22.1 Å². The summed E-state index contributed by atoms with van der Waals surface area (Å²) in [5.74, 6) is 0.0968. The number of phenolic OH excluding ortho intramolecular Hbond substituents is 1. The Kier molecular flexibility index (Phi) is 2.91. The van der Waals surface area contributed by atoms with E-state index in [1.54, 1.807) is 12.1 Å². The zero-order valence-electron chi connectivity index (χ0n) is 10.6. The van der Waals surface area contributed by atoms with Crippen molar-refractivity contribution in [2.75, 3.05) is 0 Å². The van der Waals surface area contributed by atoms with Gasteiger partial charge in [0.2, 0.25) is 0 Å². The number of rotatable bonds is 2. The second kappa shape index (κ2) is 4.75. The first kappa shape index (κ1) is 12.9. The van der Waals surface area contributed by atoms with Gasteiger partial charge in [-0.25, -0.2) is 0 Å². The van der Waals surface area contributed by atoms with Gasteiger partial charge in [0.05, 0.1) is 21.9 Å². The van der Waals surface area contributed by atoms with E-state index in [-0.39, 0.29) is 27.8 Å². The number of fused-ring (bicyclic) bond motifs is 1. The molecule has 0 aliphatic carbocycles. The summed E-state index contributed by atoms with van der Waals surface area (Å²) in [4.78, 5) is 22.6. The molecule has 0 fully saturated rings. The summed E-state index contributed by atoms with van der Waals surface area (Å²) in [6, 6.07) is 9.99. The Morgan fingerprint density at radius 1 is 1.10 bits per heavy atom. The largest absolute Gasteiger partial charge is 0.508 e. The minimum atomic E-state index is -0.548. The van der Waals surface area contributed by atoms with Crippen molar-refractivity contribution in [3.8, 4) is 16.9 Å². The lowest BCUT2D eigenvalue weighted by molar-refractivity contribution is -0.384. The topological polar surface area (TPSA) is 93.6 Å². The molecular formula is C15H9NO5. The van der Waals surface area contributed by atoms with Crippen LogP contribution in [0.1, 0.15) is 0 Å². The van der Waals surface area contributed by atoms with Crippen molar-refractivity contribution >= 4 is 16.7 Å². The highest BCUT2D eigenvalue weighted by molar-refractivity contribution is 5.83. The molecule has 0 aliphatic rings. The molecule has 0 radical (unpaired) electrons. The van der Waals surface area contributed by atoms with Gasteiger partial charge in [-0.05, 0) is 23.8 Å². The van der Waals surface area contributed by atoms with Gasteiger partial charge in [-0.15, -0.1) is 0 Å². The van der Waals surface area contributed by atoms with E-state index in [2.05, 4.69) is 0 Å². The van der Waals surface area contributed by atoms with E-state index < -0.39 is 4.92 Å². The maximum atomic E-state index is 12.4. The Labute approximate surface area is 118 Å². The van der Waals surface area contributed by atoms with E-state index in [4.69, 9.17) is 4.42 Å². The second-order valence-electron chi connectivity index (χ2n) is 4.46. The number of phenols is 1. The molecule has 3 aromatic rings. The summed E-state index contributed by atoms with van der Waals surface area (Å²) < 4.78 is 5.33. The number of aromatic hydroxyl groups is 1. The summed E-state index contributed by atoms with van der Waals surface area (Å²) >= 11 is 0. The van der Waals surface area contributed by atoms with Crippen molar-refractivity contribution in [2.24, 2.45) is 0 Å². The molecule has 0 unspecified atom stereocenters. The number of non-ortho nitro benzene ring substituents is 1. The lowest BCUT2D eigenvalue weighted by Gasteiger charge is -2.03. The van der Waals surface area contributed by atoms with Gasteiger partial charge >= 0.3 is 0 Å². The summed E-state index contributed by atoms with van der Waals surface area (Å²) in [5, 5.41) is 20.2. The van der Waals surface area contributed by atoms with Gasteiger partial charge in [-0.3, -0.25) is 14.9 Å². The van der Waals surface area contributed by atoms with Crippen LogP contribution in [0.4, 0.5) is 5.69 Å². The predicted octanol–water partition coefficient (Wildman–Crippen LogP) is 3.07. The van der Waals surface area contributed by atoms with Crippen molar-refractivity contribution in [3.05, 3.63) is 69.1 Å². The number of nitrogens with zero attached hydrogens (tertiary/aromatic N) is 1. The normalized spacial score (nSPS) is 10.7. The number of nitro benzene ring substituents is 1. The molecule has 21 heavy (non-hydrogen) atoms. The van der Waals surface area contributed by atoms with Crippen molar-refractivity contribution in [1.82, 2.24) is 0 Å². The first-order valence-corrected chi connectivity index (χ1v) is 6.05. The maximum Gasteiger partial charge on any atom is 0.273 e. The van der Waals surface area contributed by atoms with Gasteiger partial charge in [-0.2, -0.15) is 0 Å². The zero-order valence-corrected chi connectivity index (χ0v) is 10.6.